The molecule has 0 radical (unpaired) electrons. The van der Waals surface area contributed by atoms with Crippen molar-refractivity contribution in [1.29, 1.82) is 0 Å². The van der Waals surface area contributed by atoms with Crippen molar-refractivity contribution in [1.82, 2.24) is 5.32 Å². The van der Waals surface area contributed by atoms with Crippen molar-refractivity contribution in [3.05, 3.63) is 23.8 Å². The fraction of sp³-hybridized carbons (Fsp3) is 0.417. The third-order valence-corrected chi connectivity index (χ3v) is 2.18. The molecule has 5 heteroatoms. The van der Waals surface area contributed by atoms with Crippen LogP contribution in [0.25, 0.3) is 0 Å². The van der Waals surface area contributed by atoms with Gasteiger partial charge in [0.2, 0.25) is 0 Å². The van der Waals surface area contributed by atoms with Gasteiger partial charge in [0.05, 0.1) is 17.7 Å². The molecule has 3 N–H and O–H groups in total. The standard InChI is InChI=1S/C12H17NO4/c1-12(2,7-17-3)13-11(16)9-6-8(14)4-5-10(9)15/h4-6,14-15H,7H2,1-3H3,(H,13,16). The molecule has 0 bridgehead atoms. The number of carbonyl (C=O) groups is 1. The monoisotopic (exact) mass is 239 g/mol. The molecule has 5 nitrogen and oxygen atoms in total. The van der Waals surface area contributed by atoms with Crippen LogP contribution in [0.1, 0.15) is 24.2 Å². The summed E-state index contributed by atoms with van der Waals surface area (Å²) < 4.78 is 4.97. The Morgan fingerprint density at radius 1 is 1.41 bits per heavy atom. The first kappa shape index (κ1) is 13.3. The van der Waals surface area contributed by atoms with E-state index in [1.165, 1.54) is 18.2 Å². The van der Waals surface area contributed by atoms with Crippen molar-refractivity contribution in [2.24, 2.45) is 0 Å². The van der Waals surface area contributed by atoms with Gasteiger partial charge >= 0.3 is 0 Å². The van der Waals surface area contributed by atoms with Crippen LogP contribution >= 0.6 is 0 Å². The summed E-state index contributed by atoms with van der Waals surface area (Å²) in [6.07, 6.45) is 0. The Labute approximate surface area is 100 Å². The fourth-order valence-electron chi connectivity index (χ4n) is 1.48. The van der Waals surface area contributed by atoms with Gasteiger partial charge in [-0.05, 0) is 32.0 Å². The van der Waals surface area contributed by atoms with Gasteiger partial charge in [0.25, 0.3) is 5.91 Å². The van der Waals surface area contributed by atoms with Gasteiger partial charge in [-0.15, -0.1) is 0 Å². The third-order valence-electron chi connectivity index (χ3n) is 2.18. The summed E-state index contributed by atoms with van der Waals surface area (Å²) in [7, 11) is 1.54. The zero-order chi connectivity index (χ0) is 13.1. The first-order valence-corrected chi connectivity index (χ1v) is 5.19. The van der Waals surface area contributed by atoms with E-state index in [0.29, 0.717) is 6.61 Å². The van der Waals surface area contributed by atoms with E-state index in [9.17, 15) is 15.0 Å². The smallest absolute Gasteiger partial charge is 0.255 e. The highest BCUT2D eigenvalue weighted by Gasteiger charge is 2.22. The van der Waals surface area contributed by atoms with Crippen LogP contribution in [-0.4, -0.2) is 35.4 Å². The molecule has 17 heavy (non-hydrogen) atoms. The maximum absolute atomic E-state index is 11.9. The summed E-state index contributed by atoms with van der Waals surface area (Å²) in [5.74, 6) is -0.702. The molecule has 0 saturated carbocycles. The lowest BCUT2D eigenvalue weighted by molar-refractivity contribution is 0.0817. The number of hydrogen-bond acceptors (Lipinski definition) is 4. The molecule has 0 fully saturated rings. The summed E-state index contributed by atoms with van der Waals surface area (Å²) in [4.78, 5) is 11.9. The normalized spacial score (nSPS) is 11.2. The lowest BCUT2D eigenvalue weighted by Crippen LogP contribution is -2.46. The quantitative estimate of drug-likeness (QED) is 0.691. The Morgan fingerprint density at radius 2 is 2.06 bits per heavy atom. The molecule has 0 heterocycles. The van der Waals surface area contributed by atoms with Gasteiger partial charge in [0, 0.05) is 7.11 Å². The first-order valence-electron chi connectivity index (χ1n) is 5.19. The van der Waals surface area contributed by atoms with E-state index in [1.807, 2.05) is 0 Å². The second kappa shape index (κ2) is 5.05. The van der Waals surface area contributed by atoms with Crippen LogP contribution in [0, 0.1) is 0 Å². The SMILES string of the molecule is COCC(C)(C)NC(=O)c1cc(O)ccc1O. The van der Waals surface area contributed by atoms with Gasteiger partial charge in [-0.25, -0.2) is 0 Å². The maximum Gasteiger partial charge on any atom is 0.255 e. The number of phenolic OH excluding ortho intramolecular Hbond substituents is 2. The summed E-state index contributed by atoms with van der Waals surface area (Å²) in [6, 6.07) is 3.80. The molecule has 1 amide bonds. The number of benzene rings is 1. The van der Waals surface area contributed by atoms with Gasteiger partial charge in [-0.3, -0.25) is 4.79 Å². The third kappa shape index (κ3) is 3.64. The van der Waals surface area contributed by atoms with Crippen molar-refractivity contribution in [3.63, 3.8) is 0 Å². The molecule has 1 rings (SSSR count). The van der Waals surface area contributed by atoms with E-state index in [-0.39, 0.29) is 17.1 Å². The number of carbonyl (C=O) groups excluding carboxylic acids is 1. The van der Waals surface area contributed by atoms with Gasteiger partial charge in [0.15, 0.2) is 0 Å². The number of phenols is 2. The highest BCUT2D eigenvalue weighted by molar-refractivity contribution is 5.97. The molecule has 0 aliphatic rings. The predicted octanol–water partition coefficient (Wildman–Crippen LogP) is 1.25. The first-order chi connectivity index (χ1) is 7.85. The number of methoxy groups -OCH3 is 1. The molecule has 0 aromatic heterocycles. The molecule has 0 spiro atoms. The average molecular weight is 239 g/mol. The number of aromatic hydroxyl groups is 2. The minimum absolute atomic E-state index is 0.0363. The number of hydrogen-bond donors (Lipinski definition) is 3. The zero-order valence-corrected chi connectivity index (χ0v) is 10.2. The lowest BCUT2D eigenvalue weighted by atomic mass is 10.1. The van der Waals surface area contributed by atoms with E-state index < -0.39 is 11.4 Å². The molecule has 1 aromatic rings. The summed E-state index contributed by atoms with van der Waals surface area (Å²) in [5, 5.41) is 21.5. The van der Waals surface area contributed by atoms with Crippen LogP contribution in [0.15, 0.2) is 18.2 Å². The minimum atomic E-state index is -0.552. The topological polar surface area (TPSA) is 78.8 Å². The Bertz CT molecular complexity index is 415. The summed E-state index contributed by atoms with van der Waals surface area (Å²) in [5.41, 5.74) is -0.516. The highest BCUT2D eigenvalue weighted by Crippen LogP contribution is 2.22. The fourth-order valence-corrected chi connectivity index (χ4v) is 1.48. The predicted molar refractivity (Wildman–Crippen MR) is 63.2 cm³/mol. The Balaban J connectivity index is 2.86. The van der Waals surface area contributed by atoms with Gasteiger partial charge < -0.3 is 20.3 Å². The van der Waals surface area contributed by atoms with Crippen LogP contribution < -0.4 is 5.32 Å². The van der Waals surface area contributed by atoms with Crippen LogP contribution in [0.2, 0.25) is 0 Å². The zero-order valence-electron chi connectivity index (χ0n) is 10.2. The van der Waals surface area contributed by atoms with E-state index in [4.69, 9.17) is 4.74 Å². The van der Waals surface area contributed by atoms with Gasteiger partial charge in [-0.1, -0.05) is 0 Å². The number of amides is 1. The van der Waals surface area contributed by atoms with Crippen molar-refractivity contribution in [2.75, 3.05) is 13.7 Å². The highest BCUT2D eigenvalue weighted by atomic mass is 16.5. The van der Waals surface area contributed by atoms with Crippen LogP contribution in [0.5, 0.6) is 11.5 Å². The minimum Gasteiger partial charge on any atom is -0.508 e. The average Bonchev–Trinajstić information content (AvgIpc) is 2.20. The lowest BCUT2D eigenvalue weighted by Gasteiger charge is -2.25. The van der Waals surface area contributed by atoms with Crippen molar-refractivity contribution >= 4 is 5.91 Å². The molecule has 0 aliphatic heterocycles. The number of nitrogens with one attached hydrogen (secondary N) is 1. The molecule has 0 saturated heterocycles. The summed E-state index contributed by atoms with van der Waals surface area (Å²) >= 11 is 0. The van der Waals surface area contributed by atoms with E-state index in [0.717, 1.165) is 0 Å². The molecule has 94 valence electrons. The molecule has 0 aliphatic carbocycles. The van der Waals surface area contributed by atoms with Crippen molar-refractivity contribution < 1.29 is 19.7 Å². The summed E-state index contributed by atoms with van der Waals surface area (Å²) in [6.45, 7) is 3.95. The molecular weight excluding hydrogens is 222 g/mol. The van der Waals surface area contributed by atoms with Crippen LogP contribution in [0.4, 0.5) is 0 Å². The molecule has 0 unspecified atom stereocenters. The maximum atomic E-state index is 11.9. The van der Waals surface area contributed by atoms with Crippen LogP contribution in [0.3, 0.4) is 0 Å². The van der Waals surface area contributed by atoms with Crippen molar-refractivity contribution in [2.45, 2.75) is 19.4 Å². The van der Waals surface area contributed by atoms with E-state index >= 15 is 0 Å². The van der Waals surface area contributed by atoms with Crippen LogP contribution in [-0.2, 0) is 4.74 Å². The van der Waals surface area contributed by atoms with Gasteiger partial charge in [0.1, 0.15) is 11.5 Å². The molecular formula is C12H17NO4. The van der Waals surface area contributed by atoms with E-state index in [2.05, 4.69) is 5.32 Å². The molecule has 1 aromatic carbocycles. The number of rotatable bonds is 4. The molecule has 0 atom stereocenters. The second-order valence-corrected chi connectivity index (χ2v) is 4.47. The van der Waals surface area contributed by atoms with Crippen molar-refractivity contribution in [3.8, 4) is 11.5 Å². The Morgan fingerprint density at radius 3 is 2.65 bits per heavy atom. The number of ether oxygens (including phenoxy) is 1. The Kier molecular flexibility index (Phi) is 3.96. The van der Waals surface area contributed by atoms with E-state index in [1.54, 1.807) is 21.0 Å². The largest absolute Gasteiger partial charge is 0.508 e. The second-order valence-electron chi connectivity index (χ2n) is 4.47. The van der Waals surface area contributed by atoms with Gasteiger partial charge in [-0.2, -0.15) is 0 Å². The Hall–Kier alpha value is -1.75.